The highest BCUT2D eigenvalue weighted by molar-refractivity contribution is 5.85. The van der Waals surface area contributed by atoms with Gasteiger partial charge in [-0.05, 0) is 67.9 Å². The molecule has 1 saturated heterocycles. The van der Waals surface area contributed by atoms with Crippen molar-refractivity contribution >= 4 is 16.8 Å². The first-order chi connectivity index (χ1) is 21.3. The van der Waals surface area contributed by atoms with E-state index in [1.807, 2.05) is 19.1 Å². The van der Waals surface area contributed by atoms with Gasteiger partial charge in [0.15, 0.2) is 0 Å². The lowest BCUT2D eigenvalue weighted by Crippen LogP contribution is -2.62. The SMILES string of the molecule is CN(C/C=C/c1ccccc1)Cc1cccc2ccccc12.CN1CC[C@]23C4=C5O[C@H]2[C@@H](O)C=C[C@H]3[C@H]1CC4=CCC5(C)O. The molecule has 6 atom stereocenters. The Morgan fingerprint density at radius 2 is 1.80 bits per heavy atom. The van der Waals surface area contributed by atoms with Crippen LogP contribution in [0.5, 0.6) is 0 Å². The number of fused-ring (bicyclic) bond motifs is 1. The second kappa shape index (κ2) is 11.5. The van der Waals surface area contributed by atoms with E-state index in [1.54, 1.807) is 0 Å². The van der Waals surface area contributed by atoms with Crippen LogP contribution in [0.1, 0.15) is 37.3 Å². The number of benzene rings is 3. The number of nitrogens with zero attached hydrogens (tertiary/aromatic N) is 2. The number of piperidine rings is 1. The molecule has 5 aliphatic rings. The van der Waals surface area contributed by atoms with Gasteiger partial charge in [0.2, 0.25) is 0 Å². The van der Waals surface area contributed by atoms with Crippen molar-refractivity contribution in [2.75, 3.05) is 27.2 Å². The van der Waals surface area contributed by atoms with Crippen molar-refractivity contribution < 1.29 is 14.9 Å². The largest absolute Gasteiger partial charge is 0.487 e. The second-order valence-electron chi connectivity index (χ2n) is 13.5. The Hall–Kier alpha value is -3.48. The second-order valence-corrected chi connectivity index (χ2v) is 13.5. The summed E-state index contributed by atoms with van der Waals surface area (Å²) in [5.74, 6) is 1.11. The van der Waals surface area contributed by atoms with E-state index >= 15 is 0 Å². The molecule has 44 heavy (non-hydrogen) atoms. The fourth-order valence-corrected chi connectivity index (χ4v) is 8.36. The maximum absolute atomic E-state index is 10.8. The average molecular weight is 589 g/mol. The lowest BCUT2D eigenvalue weighted by atomic mass is 9.51. The fraction of sp³-hybridized carbons (Fsp3) is 0.385. The van der Waals surface area contributed by atoms with Crippen LogP contribution in [0.3, 0.4) is 0 Å². The van der Waals surface area contributed by atoms with Crippen LogP contribution in [0, 0.1) is 11.3 Å². The van der Waals surface area contributed by atoms with Crippen molar-refractivity contribution in [3.8, 4) is 0 Å². The molecule has 2 heterocycles. The molecular weight excluding hydrogens is 544 g/mol. The van der Waals surface area contributed by atoms with Crippen molar-refractivity contribution in [1.29, 1.82) is 0 Å². The van der Waals surface area contributed by atoms with Crippen LogP contribution in [0.4, 0.5) is 0 Å². The van der Waals surface area contributed by atoms with Gasteiger partial charge in [-0.2, -0.15) is 0 Å². The number of hydrogen-bond acceptors (Lipinski definition) is 5. The molecule has 5 nitrogen and oxygen atoms in total. The number of aliphatic hydroxyl groups is 2. The summed E-state index contributed by atoms with van der Waals surface area (Å²) in [6, 6.07) is 26.0. The van der Waals surface area contributed by atoms with Crippen molar-refractivity contribution in [3.63, 3.8) is 0 Å². The molecule has 1 unspecified atom stereocenters. The summed E-state index contributed by atoms with van der Waals surface area (Å²) in [4.78, 5) is 4.79. The van der Waals surface area contributed by atoms with E-state index in [0.29, 0.717) is 18.4 Å². The minimum atomic E-state index is -0.939. The molecule has 2 fully saturated rings. The molecule has 3 aromatic carbocycles. The van der Waals surface area contributed by atoms with E-state index in [2.05, 4.69) is 115 Å². The van der Waals surface area contributed by atoms with Crippen molar-refractivity contribution in [2.45, 2.75) is 56.6 Å². The maximum atomic E-state index is 10.8. The first-order valence-electron chi connectivity index (χ1n) is 16.0. The van der Waals surface area contributed by atoms with E-state index in [1.165, 1.54) is 33.0 Å². The van der Waals surface area contributed by atoms with Gasteiger partial charge in [-0.25, -0.2) is 0 Å². The third-order valence-corrected chi connectivity index (χ3v) is 10.6. The third-order valence-electron chi connectivity index (χ3n) is 10.6. The number of ether oxygens (including phenoxy) is 1. The molecule has 228 valence electrons. The zero-order chi connectivity index (χ0) is 30.5. The summed E-state index contributed by atoms with van der Waals surface area (Å²) in [5.41, 5.74) is 4.13. The lowest BCUT2D eigenvalue weighted by molar-refractivity contribution is -0.101. The van der Waals surface area contributed by atoms with E-state index < -0.39 is 11.7 Å². The zero-order valence-electron chi connectivity index (χ0n) is 26.1. The Morgan fingerprint density at radius 1 is 1.02 bits per heavy atom. The summed E-state index contributed by atoms with van der Waals surface area (Å²) in [6.07, 6.45) is 12.5. The first kappa shape index (κ1) is 29.2. The van der Waals surface area contributed by atoms with Gasteiger partial charge in [-0.15, -0.1) is 0 Å². The number of rotatable bonds is 5. The van der Waals surface area contributed by atoms with Crippen LogP contribution < -0.4 is 0 Å². The summed E-state index contributed by atoms with van der Waals surface area (Å²) in [7, 11) is 4.37. The molecule has 0 radical (unpaired) electrons. The average Bonchev–Trinajstić information content (AvgIpc) is 3.39. The Balaban J connectivity index is 0.000000142. The van der Waals surface area contributed by atoms with Crippen LogP contribution in [-0.4, -0.2) is 71.0 Å². The van der Waals surface area contributed by atoms with Crippen molar-refractivity contribution in [1.82, 2.24) is 9.80 Å². The highest BCUT2D eigenvalue weighted by atomic mass is 16.5. The Labute approximate surface area is 261 Å². The summed E-state index contributed by atoms with van der Waals surface area (Å²) in [6.45, 7) is 4.76. The molecule has 0 amide bonds. The van der Waals surface area contributed by atoms with E-state index in [0.717, 1.165) is 38.2 Å². The van der Waals surface area contributed by atoms with Gasteiger partial charge in [0.25, 0.3) is 0 Å². The number of likely N-dealkylation sites (tertiary alicyclic amines) is 1. The molecule has 1 saturated carbocycles. The van der Waals surface area contributed by atoms with Gasteiger partial charge < -0.3 is 19.8 Å². The van der Waals surface area contributed by atoms with E-state index in [4.69, 9.17) is 4.74 Å². The van der Waals surface area contributed by atoms with Crippen molar-refractivity contribution in [2.24, 2.45) is 11.3 Å². The highest BCUT2D eigenvalue weighted by Crippen LogP contribution is 2.65. The molecule has 2 N–H and O–H groups in total. The van der Waals surface area contributed by atoms with Crippen molar-refractivity contribution in [3.05, 3.63) is 125 Å². The van der Waals surface area contributed by atoms with Gasteiger partial charge in [-0.1, -0.05) is 103 Å². The maximum Gasteiger partial charge on any atom is 0.138 e. The van der Waals surface area contributed by atoms with E-state index in [-0.39, 0.29) is 11.5 Å². The molecule has 1 spiro atoms. The summed E-state index contributed by atoms with van der Waals surface area (Å²) >= 11 is 0. The molecule has 2 aliphatic heterocycles. The molecule has 5 heteroatoms. The molecular formula is C39H44N2O3. The van der Waals surface area contributed by atoms with Crippen LogP contribution in [0.2, 0.25) is 0 Å². The first-order valence-corrected chi connectivity index (χ1v) is 16.0. The normalized spacial score (nSPS) is 31.9. The Kier molecular flexibility index (Phi) is 7.62. The minimum absolute atomic E-state index is 0.144. The van der Waals surface area contributed by atoms with Crippen LogP contribution in [-0.2, 0) is 11.3 Å². The van der Waals surface area contributed by atoms with Gasteiger partial charge in [0, 0.05) is 42.5 Å². The zero-order valence-corrected chi connectivity index (χ0v) is 26.1. The van der Waals surface area contributed by atoms with Gasteiger partial charge >= 0.3 is 0 Å². The predicted octanol–water partition coefficient (Wildman–Crippen LogP) is 6.35. The molecule has 3 aliphatic carbocycles. The monoisotopic (exact) mass is 588 g/mol. The number of hydrogen-bond donors (Lipinski definition) is 2. The third kappa shape index (κ3) is 4.96. The summed E-state index contributed by atoms with van der Waals surface area (Å²) in [5, 5.41) is 24.0. The standard InChI is InChI=1S/C21H21N.C18H23NO3/c1-22(16-8-11-18-9-3-2-4-10-18)17-20-14-7-13-19-12-5-6-15-21(19)20;1-17(21)6-5-10-9-12-11-3-4-13(20)15-18(11,7-8-19(12)2)14(10)16(17)22-15/h2-15H,16-17H2,1H3;3-5,11-13,15,20-21H,6-9H2,1-2H3/b11-8+;/t;11-,12+,13-,15-,17?,18-/m.0/s1. The predicted molar refractivity (Wildman–Crippen MR) is 178 cm³/mol. The molecule has 0 aromatic heterocycles. The van der Waals surface area contributed by atoms with Gasteiger partial charge in [0.1, 0.15) is 23.6 Å². The van der Waals surface area contributed by atoms with Crippen LogP contribution in [0.25, 0.3) is 16.8 Å². The smallest absolute Gasteiger partial charge is 0.138 e. The summed E-state index contributed by atoms with van der Waals surface area (Å²) < 4.78 is 6.26. The fourth-order valence-electron chi connectivity index (χ4n) is 8.36. The molecule has 8 rings (SSSR count). The van der Waals surface area contributed by atoms with E-state index in [9.17, 15) is 10.2 Å². The van der Waals surface area contributed by atoms with Crippen LogP contribution in [0.15, 0.2) is 114 Å². The van der Waals surface area contributed by atoms with Gasteiger partial charge in [-0.3, -0.25) is 4.90 Å². The van der Waals surface area contributed by atoms with Gasteiger partial charge in [0.05, 0.1) is 0 Å². The molecule has 2 bridgehead atoms. The topological polar surface area (TPSA) is 56.2 Å². The number of aliphatic hydroxyl groups excluding tert-OH is 1. The Bertz CT molecular complexity index is 1650. The highest BCUT2D eigenvalue weighted by Gasteiger charge is 2.66. The Morgan fingerprint density at radius 3 is 2.64 bits per heavy atom. The minimum Gasteiger partial charge on any atom is -0.487 e. The molecule has 3 aromatic rings. The lowest BCUT2D eigenvalue weighted by Gasteiger charge is -2.58. The van der Waals surface area contributed by atoms with Crippen LogP contribution >= 0.6 is 0 Å². The quantitative estimate of drug-likeness (QED) is 0.341. The number of likely N-dealkylation sites (N-methyl/N-ethyl adjacent to an activating group) is 1.